The summed E-state index contributed by atoms with van der Waals surface area (Å²) in [6, 6.07) is -0.0874. The third-order valence-corrected chi connectivity index (χ3v) is 12.1. The molecule has 9 atom stereocenters. The number of ether oxygens (including phenoxy) is 1. The second-order valence-electron chi connectivity index (χ2n) is 15.0. The number of fused-ring (bicyclic) bond motifs is 5. The highest BCUT2D eigenvalue weighted by Crippen LogP contribution is 2.67. The summed E-state index contributed by atoms with van der Waals surface area (Å²) in [4.78, 5) is 12.8. The zero-order valence-corrected chi connectivity index (χ0v) is 24.5. The van der Waals surface area contributed by atoms with Gasteiger partial charge in [0.15, 0.2) is 0 Å². The van der Waals surface area contributed by atoms with Crippen molar-refractivity contribution in [1.82, 2.24) is 5.32 Å². The molecule has 1 heterocycles. The lowest BCUT2D eigenvalue weighted by Crippen LogP contribution is -2.51. The molecule has 2 N–H and O–H groups in total. The van der Waals surface area contributed by atoms with Gasteiger partial charge in [-0.1, -0.05) is 51.7 Å². The number of aliphatic hydroxyl groups is 1. The molecule has 3 saturated carbocycles. The number of rotatable bonds is 7. The van der Waals surface area contributed by atoms with Crippen LogP contribution in [0.3, 0.4) is 0 Å². The van der Waals surface area contributed by atoms with Gasteiger partial charge in [-0.3, -0.25) is 4.79 Å². The molecule has 210 valence electrons. The second kappa shape index (κ2) is 10.6. The molecule has 4 aliphatic carbocycles. The summed E-state index contributed by atoms with van der Waals surface area (Å²) in [6.07, 6.45) is 19.2. The lowest BCUT2D eigenvalue weighted by atomic mass is 9.47. The van der Waals surface area contributed by atoms with Crippen molar-refractivity contribution < 1.29 is 14.6 Å². The van der Waals surface area contributed by atoms with E-state index in [0.29, 0.717) is 10.8 Å². The zero-order valence-electron chi connectivity index (χ0n) is 24.5. The lowest BCUT2D eigenvalue weighted by Gasteiger charge is -2.58. The van der Waals surface area contributed by atoms with Crippen molar-refractivity contribution in [2.45, 2.75) is 142 Å². The molecule has 37 heavy (non-hydrogen) atoms. The summed E-state index contributed by atoms with van der Waals surface area (Å²) in [7, 11) is 0. The van der Waals surface area contributed by atoms with Gasteiger partial charge in [0.2, 0.25) is 0 Å². The highest BCUT2D eigenvalue weighted by atomic mass is 16.5. The Morgan fingerprint density at radius 3 is 2.68 bits per heavy atom. The normalized spacial score (nSPS) is 42.7. The summed E-state index contributed by atoms with van der Waals surface area (Å²) in [5.74, 6) is 4.06. The maximum atomic E-state index is 12.8. The number of carbonyl (C=O) groups excluding carboxylic acids is 1. The third kappa shape index (κ3) is 5.45. The van der Waals surface area contributed by atoms with E-state index in [1.807, 2.05) is 13.8 Å². The molecule has 5 aliphatic rings. The minimum atomic E-state index is -0.536. The van der Waals surface area contributed by atoms with Crippen LogP contribution in [0.4, 0.5) is 0 Å². The van der Waals surface area contributed by atoms with E-state index >= 15 is 0 Å². The first-order valence-electron chi connectivity index (χ1n) is 15.9. The molecule has 0 unspecified atom stereocenters. The van der Waals surface area contributed by atoms with E-state index in [1.54, 1.807) is 5.57 Å². The first-order chi connectivity index (χ1) is 17.5. The van der Waals surface area contributed by atoms with Gasteiger partial charge in [-0.05, 0) is 125 Å². The largest absolute Gasteiger partial charge is 0.461 e. The lowest BCUT2D eigenvalue weighted by molar-refractivity contribution is -0.154. The molecule has 0 radical (unpaired) electrons. The van der Waals surface area contributed by atoms with Gasteiger partial charge in [0.1, 0.15) is 12.1 Å². The smallest absolute Gasteiger partial charge is 0.323 e. The number of hydrogen-bond donors (Lipinski definition) is 2. The van der Waals surface area contributed by atoms with Crippen LogP contribution in [0.1, 0.15) is 125 Å². The third-order valence-electron chi connectivity index (χ3n) is 12.1. The molecular weight excluding hydrogens is 458 g/mol. The maximum absolute atomic E-state index is 12.8. The summed E-state index contributed by atoms with van der Waals surface area (Å²) < 4.78 is 6.08. The molecule has 0 aromatic rings. The standard InChI is InChI=1S/C33H55NO3/c1-22(9-8-17-31(2,3)36)26-13-14-27-25-12-11-23-21-24(37-30(35)29-10-6-7-20-34-29)15-18-32(23,4)28(25)16-19-33(26,27)5/h11,22,24-29,34,36H,6-10,12-21H2,1-5H3/t22-,24+,25+,26-,27+,28+,29+,32+,33-/m1/s1. The fourth-order valence-electron chi connectivity index (χ4n) is 10.1. The van der Waals surface area contributed by atoms with Gasteiger partial charge >= 0.3 is 5.97 Å². The molecule has 4 heteroatoms. The molecule has 1 aliphatic heterocycles. The van der Waals surface area contributed by atoms with E-state index in [9.17, 15) is 9.90 Å². The van der Waals surface area contributed by atoms with E-state index in [1.165, 1.54) is 51.4 Å². The molecular formula is C33H55NO3. The Morgan fingerprint density at radius 1 is 1.14 bits per heavy atom. The average molecular weight is 514 g/mol. The second-order valence-corrected chi connectivity index (χ2v) is 15.0. The highest BCUT2D eigenvalue weighted by Gasteiger charge is 2.59. The van der Waals surface area contributed by atoms with Crippen LogP contribution in [-0.2, 0) is 9.53 Å². The van der Waals surface area contributed by atoms with Crippen LogP contribution in [0.25, 0.3) is 0 Å². The molecule has 0 aromatic carbocycles. The predicted molar refractivity (Wildman–Crippen MR) is 150 cm³/mol. The fraction of sp³-hybridized carbons (Fsp3) is 0.909. The van der Waals surface area contributed by atoms with Crippen molar-refractivity contribution >= 4 is 5.97 Å². The Labute approximate surface area is 226 Å². The fourth-order valence-corrected chi connectivity index (χ4v) is 10.1. The quantitative estimate of drug-likeness (QED) is 0.279. The van der Waals surface area contributed by atoms with Crippen LogP contribution in [-0.4, -0.2) is 35.4 Å². The van der Waals surface area contributed by atoms with Gasteiger partial charge in [0, 0.05) is 6.42 Å². The minimum Gasteiger partial charge on any atom is -0.461 e. The monoisotopic (exact) mass is 513 g/mol. The van der Waals surface area contributed by atoms with E-state index in [4.69, 9.17) is 4.74 Å². The molecule has 1 saturated heterocycles. The van der Waals surface area contributed by atoms with Crippen LogP contribution in [0, 0.1) is 40.4 Å². The van der Waals surface area contributed by atoms with Crippen molar-refractivity contribution in [2.24, 2.45) is 40.4 Å². The first-order valence-corrected chi connectivity index (χ1v) is 15.9. The van der Waals surface area contributed by atoms with Gasteiger partial charge < -0.3 is 15.2 Å². The van der Waals surface area contributed by atoms with E-state index in [0.717, 1.165) is 74.7 Å². The van der Waals surface area contributed by atoms with Gasteiger partial charge in [0.25, 0.3) is 0 Å². The van der Waals surface area contributed by atoms with E-state index in [2.05, 4.69) is 32.2 Å². The van der Waals surface area contributed by atoms with Gasteiger partial charge in [-0.15, -0.1) is 0 Å². The number of nitrogens with one attached hydrogen (secondary N) is 1. The van der Waals surface area contributed by atoms with Crippen LogP contribution in [0.15, 0.2) is 11.6 Å². The molecule has 5 rings (SSSR count). The Morgan fingerprint density at radius 2 is 1.95 bits per heavy atom. The zero-order chi connectivity index (χ0) is 26.4. The predicted octanol–water partition coefficient (Wildman–Crippen LogP) is 7.20. The van der Waals surface area contributed by atoms with Crippen LogP contribution < -0.4 is 5.32 Å². The molecule has 0 bridgehead atoms. The van der Waals surface area contributed by atoms with Crippen molar-refractivity contribution in [3.63, 3.8) is 0 Å². The SMILES string of the molecule is C[C@H](CCCC(C)(C)O)[C@H]1CC[C@H]2[C@@H]3CC=C4C[C@@H](OC(=O)[C@@H]5CCCCN5)CC[C@]4(C)[C@H]3CC[C@]12C. The van der Waals surface area contributed by atoms with Crippen LogP contribution >= 0.6 is 0 Å². The van der Waals surface area contributed by atoms with E-state index < -0.39 is 5.60 Å². The number of hydrogen-bond acceptors (Lipinski definition) is 4. The summed E-state index contributed by atoms with van der Waals surface area (Å²) in [5.41, 5.74) is 1.85. The maximum Gasteiger partial charge on any atom is 0.323 e. The van der Waals surface area contributed by atoms with E-state index in [-0.39, 0.29) is 18.1 Å². The number of carbonyl (C=O) groups is 1. The number of allylic oxidation sites excluding steroid dienone is 1. The Kier molecular flexibility index (Phi) is 7.93. The topological polar surface area (TPSA) is 58.6 Å². The first kappa shape index (κ1) is 27.7. The number of esters is 1. The van der Waals surface area contributed by atoms with Gasteiger partial charge in [0.05, 0.1) is 5.60 Å². The minimum absolute atomic E-state index is 0.00955. The molecule has 0 aromatic heterocycles. The van der Waals surface area contributed by atoms with Crippen LogP contribution in [0.5, 0.6) is 0 Å². The molecule has 4 fully saturated rings. The molecule has 4 nitrogen and oxygen atoms in total. The summed E-state index contributed by atoms with van der Waals surface area (Å²) >= 11 is 0. The summed E-state index contributed by atoms with van der Waals surface area (Å²) in [5, 5.41) is 13.5. The Bertz CT molecular complexity index is 854. The highest BCUT2D eigenvalue weighted by molar-refractivity contribution is 5.76. The van der Waals surface area contributed by atoms with Crippen molar-refractivity contribution in [3.8, 4) is 0 Å². The van der Waals surface area contributed by atoms with Gasteiger partial charge in [-0.25, -0.2) is 0 Å². The average Bonchev–Trinajstić information content (AvgIpc) is 3.21. The molecule has 0 spiro atoms. The van der Waals surface area contributed by atoms with Crippen molar-refractivity contribution in [3.05, 3.63) is 11.6 Å². The van der Waals surface area contributed by atoms with Crippen LogP contribution in [0.2, 0.25) is 0 Å². The van der Waals surface area contributed by atoms with Crippen molar-refractivity contribution in [1.29, 1.82) is 0 Å². The molecule has 0 amide bonds. The Hall–Kier alpha value is -0.870. The van der Waals surface area contributed by atoms with Gasteiger partial charge in [-0.2, -0.15) is 0 Å². The van der Waals surface area contributed by atoms with Crippen molar-refractivity contribution in [2.75, 3.05) is 6.54 Å². The summed E-state index contributed by atoms with van der Waals surface area (Å²) in [6.45, 7) is 12.5. The number of piperidine rings is 1. The Balaban J connectivity index is 1.22.